The van der Waals surface area contributed by atoms with E-state index < -0.39 is 18.2 Å². The Morgan fingerprint density at radius 2 is 1.26 bits per heavy atom. The first-order valence-corrected chi connectivity index (χ1v) is 11.0. The van der Waals surface area contributed by atoms with E-state index in [9.17, 15) is 13.0 Å². The fourth-order valence-electron chi connectivity index (χ4n) is 1.75. The molecule has 9 nitrogen and oxygen atoms in total. The topological polar surface area (TPSA) is 171 Å². The molecule has 0 aliphatic heterocycles. The zero-order valence-corrected chi connectivity index (χ0v) is 23.8. The molecular formula is C14H30KNNaO8PS. The van der Waals surface area contributed by atoms with Crippen LogP contribution in [0.25, 0.3) is 0 Å². The fraction of sp³-hybridized carbons (Fsp3) is 0.929. The van der Waals surface area contributed by atoms with Gasteiger partial charge in [0.2, 0.25) is 10.4 Å². The smallest absolute Gasteiger partial charge is 0.756 e. The minimum absolute atomic E-state index is 0. The van der Waals surface area contributed by atoms with Crippen molar-refractivity contribution in [3.63, 3.8) is 0 Å². The van der Waals surface area contributed by atoms with Crippen LogP contribution in [0.4, 0.5) is 0 Å². The summed E-state index contributed by atoms with van der Waals surface area (Å²) in [5.74, 6) is 0. The third-order valence-corrected chi connectivity index (χ3v) is 3.18. The largest absolute Gasteiger partial charge is 1.00 e. The number of nitriles is 1. The Bertz CT molecular complexity index is 462. The summed E-state index contributed by atoms with van der Waals surface area (Å²) >= 11 is 0. The summed E-state index contributed by atoms with van der Waals surface area (Å²) in [4.78, 5) is 22.9. The van der Waals surface area contributed by atoms with Crippen molar-refractivity contribution in [1.82, 2.24) is 0 Å². The molecule has 152 valence electrons. The molecule has 0 fully saturated rings. The average Bonchev–Trinajstić information content (AvgIpc) is 2.43. The standard InChI is InChI=1S/C12H26O4S.C2H3N.K.Na.H3O4P/c1-2-3-4-5-6-7-8-9-10-11-12-16-17(13,14)15;1-2-3;;;1-5(2,3)4/h2-12H2,1H3,(H,13,14,15);1H3;;;(H3,1,2,3,4)/q;;2*+1;/p-2. The first kappa shape index (κ1) is 39.6. The second-order valence-electron chi connectivity index (χ2n) is 5.13. The second kappa shape index (κ2) is 28.1. The molecule has 0 unspecified atom stereocenters. The summed E-state index contributed by atoms with van der Waals surface area (Å²) in [5, 5.41) is 7.32. The van der Waals surface area contributed by atoms with Gasteiger partial charge in [-0.3, -0.25) is 8.75 Å². The van der Waals surface area contributed by atoms with Crippen molar-refractivity contribution >= 4 is 18.2 Å². The summed E-state index contributed by atoms with van der Waals surface area (Å²) in [6, 6.07) is 1.75. The molecule has 0 radical (unpaired) electrons. The zero-order chi connectivity index (χ0) is 20.2. The summed E-state index contributed by atoms with van der Waals surface area (Å²) in [5.41, 5.74) is 0. The van der Waals surface area contributed by atoms with E-state index in [0.717, 1.165) is 12.8 Å². The van der Waals surface area contributed by atoms with Gasteiger partial charge in [-0.15, -0.1) is 0 Å². The molecule has 27 heavy (non-hydrogen) atoms. The number of hydrogen-bond donors (Lipinski definition) is 2. The quantitative estimate of drug-likeness (QED) is 0.0970. The van der Waals surface area contributed by atoms with E-state index in [2.05, 4.69) is 11.1 Å². The monoisotopic (exact) mass is 465 g/mol. The molecule has 13 heteroatoms. The number of hydrogen-bond acceptors (Lipinski definition) is 7. The summed E-state index contributed by atoms with van der Waals surface area (Å²) in [6.07, 6.45) is 11.7. The average molecular weight is 466 g/mol. The van der Waals surface area contributed by atoms with E-state index in [1.165, 1.54) is 51.9 Å². The minimum Gasteiger partial charge on any atom is -0.756 e. The third kappa shape index (κ3) is 73.8. The van der Waals surface area contributed by atoms with Crippen molar-refractivity contribution in [1.29, 1.82) is 5.26 Å². The van der Waals surface area contributed by atoms with Crippen molar-refractivity contribution in [2.24, 2.45) is 0 Å². The van der Waals surface area contributed by atoms with Gasteiger partial charge in [0, 0.05) is 6.92 Å². The molecule has 0 spiro atoms. The molecule has 0 aromatic carbocycles. The van der Waals surface area contributed by atoms with Gasteiger partial charge in [-0.2, -0.15) is 5.26 Å². The Kier molecular flexibility index (Phi) is 41.2. The Labute approximate surface area is 228 Å². The van der Waals surface area contributed by atoms with Gasteiger partial charge in [-0.05, 0) is 6.42 Å². The van der Waals surface area contributed by atoms with Crippen LogP contribution in [0.1, 0.15) is 78.1 Å². The van der Waals surface area contributed by atoms with E-state index in [0.29, 0.717) is 6.42 Å². The normalized spacial score (nSPS) is 9.96. The molecule has 0 atom stereocenters. The predicted octanol–water partition coefficient (Wildman–Crippen LogP) is -3.64. The summed E-state index contributed by atoms with van der Waals surface area (Å²) < 4.78 is 43.2. The van der Waals surface area contributed by atoms with Crippen molar-refractivity contribution < 1.29 is 117 Å². The van der Waals surface area contributed by atoms with Crippen LogP contribution in [0.3, 0.4) is 0 Å². The third-order valence-electron chi connectivity index (χ3n) is 2.73. The van der Waals surface area contributed by atoms with Crippen LogP contribution in [0.5, 0.6) is 0 Å². The zero-order valence-electron chi connectivity index (χ0n) is 16.9. The number of unbranched alkanes of at least 4 members (excludes halogenated alkanes) is 9. The SMILES string of the molecule is CC#N.CCCCCCCCCCCCOS(=O)(=O)[O-].O=P([O-])(O)O.[K+].[Na+]. The van der Waals surface area contributed by atoms with E-state index in [1.54, 1.807) is 6.07 Å². The van der Waals surface area contributed by atoms with Crippen LogP contribution in [0.15, 0.2) is 0 Å². The van der Waals surface area contributed by atoms with Crippen molar-refractivity contribution in [3.8, 4) is 6.07 Å². The van der Waals surface area contributed by atoms with E-state index in [4.69, 9.17) is 24.5 Å². The van der Waals surface area contributed by atoms with Crippen LogP contribution >= 0.6 is 7.82 Å². The van der Waals surface area contributed by atoms with Crippen LogP contribution in [0, 0.1) is 11.3 Å². The molecule has 0 aromatic heterocycles. The summed E-state index contributed by atoms with van der Waals surface area (Å²) in [6.45, 7) is 3.67. The van der Waals surface area contributed by atoms with Crippen molar-refractivity contribution in [3.05, 3.63) is 0 Å². The Hall–Kier alpha value is 2.11. The maximum Gasteiger partial charge on any atom is 1.00 e. The van der Waals surface area contributed by atoms with Gasteiger partial charge in [0.25, 0.3) is 7.82 Å². The molecular weight excluding hydrogens is 435 g/mol. The number of nitrogens with zero attached hydrogens (tertiary/aromatic N) is 1. The van der Waals surface area contributed by atoms with Gasteiger partial charge >= 0.3 is 80.9 Å². The van der Waals surface area contributed by atoms with Crippen LogP contribution in [0.2, 0.25) is 0 Å². The van der Waals surface area contributed by atoms with E-state index in [1.807, 2.05) is 0 Å². The number of rotatable bonds is 12. The van der Waals surface area contributed by atoms with Crippen molar-refractivity contribution in [2.75, 3.05) is 6.61 Å². The number of phosphoric acid groups is 1. The molecule has 0 heterocycles. The molecule has 0 aromatic rings. The Morgan fingerprint density at radius 3 is 1.52 bits per heavy atom. The minimum atomic E-state index is -4.89. The van der Waals surface area contributed by atoms with Gasteiger partial charge in [0.05, 0.1) is 12.7 Å². The van der Waals surface area contributed by atoms with Gasteiger partial charge in [0.1, 0.15) is 0 Å². The van der Waals surface area contributed by atoms with Gasteiger partial charge < -0.3 is 19.2 Å². The van der Waals surface area contributed by atoms with Gasteiger partial charge in [0.15, 0.2) is 0 Å². The molecule has 0 amide bonds. The molecule has 0 aliphatic carbocycles. The molecule has 0 rings (SSSR count). The molecule has 0 saturated carbocycles. The first-order valence-electron chi connectivity index (χ1n) is 8.15. The molecule has 0 aliphatic rings. The molecule has 0 bridgehead atoms. The maximum absolute atomic E-state index is 10.1. The summed E-state index contributed by atoms with van der Waals surface area (Å²) in [7, 11) is -9.37. The maximum atomic E-state index is 10.1. The van der Waals surface area contributed by atoms with Crippen molar-refractivity contribution in [2.45, 2.75) is 78.1 Å². The van der Waals surface area contributed by atoms with Crippen LogP contribution in [-0.4, -0.2) is 29.4 Å². The Morgan fingerprint density at radius 1 is 1.00 bits per heavy atom. The van der Waals surface area contributed by atoms with E-state index in [-0.39, 0.29) is 87.5 Å². The van der Waals surface area contributed by atoms with Crippen LogP contribution < -0.4 is 85.8 Å². The van der Waals surface area contributed by atoms with Gasteiger partial charge in [-0.1, -0.05) is 64.7 Å². The van der Waals surface area contributed by atoms with Crippen LogP contribution in [-0.2, 0) is 19.1 Å². The fourth-order valence-corrected chi connectivity index (χ4v) is 2.07. The second-order valence-corrected chi connectivity index (χ2v) is 7.16. The predicted molar refractivity (Wildman–Crippen MR) is 90.8 cm³/mol. The molecule has 2 N–H and O–H groups in total. The van der Waals surface area contributed by atoms with E-state index >= 15 is 0 Å². The Balaban J connectivity index is -0.000000137. The molecule has 0 saturated heterocycles. The van der Waals surface area contributed by atoms with Gasteiger partial charge in [-0.25, -0.2) is 8.42 Å². The first-order chi connectivity index (χ1) is 11.5.